The average molecular weight is 234 g/mol. The van der Waals surface area contributed by atoms with Gasteiger partial charge in [0.1, 0.15) is 0 Å². The maximum atomic E-state index is 11.8. The van der Waals surface area contributed by atoms with E-state index in [2.05, 4.69) is 6.08 Å². The second-order valence-electron chi connectivity index (χ2n) is 5.31. The highest BCUT2D eigenvalue weighted by atomic mass is 16.6. The second-order valence-corrected chi connectivity index (χ2v) is 5.31. The summed E-state index contributed by atoms with van der Waals surface area (Å²) < 4.78 is 4.80. The minimum absolute atomic E-state index is 0.000139. The molecule has 0 N–H and O–H groups in total. The van der Waals surface area contributed by atoms with Gasteiger partial charge in [0.05, 0.1) is 11.8 Å². The second kappa shape index (κ2) is 4.13. The number of carbonyl (C=O) groups is 2. The number of fused-ring (bicyclic) bond motifs is 1. The van der Waals surface area contributed by atoms with Gasteiger partial charge in [-0.1, -0.05) is 30.2 Å². The minimum Gasteiger partial charge on any atom is -0.393 e. The summed E-state index contributed by atoms with van der Waals surface area (Å²) in [5.41, 5.74) is 2.32. The number of ether oxygens (including phenoxy) is 1. The highest BCUT2D eigenvalue weighted by Crippen LogP contribution is 2.43. The fourth-order valence-electron chi connectivity index (χ4n) is 2.82. The van der Waals surface area contributed by atoms with Crippen LogP contribution in [0.15, 0.2) is 23.3 Å². The SMILES string of the molecule is CC(C)=C[C@H]1C=C(C)[C@H](C)[C@H]2C(=O)OC(=O)[C@H]12. The molecule has 1 aliphatic heterocycles. The van der Waals surface area contributed by atoms with Crippen LogP contribution in [0.4, 0.5) is 0 Å². The molecule has 0 unspecified atom stereocenters. The van der Waals surface area contributed by atoms with E-state index in [0.29, 0.717) is 0 Å². The van der Waals surface area contributed by atoms with Crippen molar-refractivity contribution >= 4 is 11.9 Å². The standard InChI is InChI=1S/C14H18O3/c1-7(2)5-10-6-8(3)9(4)11-12(10)14(16)17-13(11)15/h5-6,9-12H,1-4H3/t9-,10-,11+,12+/m0/s1. The molecule has 2 rings (SSSR count). The van der Waals surface area contributed by atoms with Gasteiger partial charge in [0.25, 0.3) is 0 Å². The van der Waals surface area contributed by atoms with Crippen molar-refractivity contribution in [1.29, 1.82) is 0 Å². The van der Waals surface area contributed by atoms with Gasteiger partial charge in [-0.15, -0.1) is 0 Å². The van der Waals surface area contributed by atoms with E-state index >= 15 is 0 Å². The van der Waals surface area contributed by atoms with Crippen molar-refractivity contribution in [2.75, 3.05) is 0 Å². The number of hydrogen-bond acceptors (Lipinski definition) is 3. The molecule has 0 saturated carbocycles. The molecule has 3 heteroatoms. The number of rotatable bonds is 1. The number of carbonyl (C=O) groups excluding carboxylic acids is 2. The topological polar surface area (TPSA) is 43.4 Å². The van der Waals surface area contributed by atoms with Gasteiger partial charge in [-0.25, -0.2) is 0 Å². The lowest BCUT2D eigenvalue weighted by atomic mass is 9.69. The molecule has 1 saturated heterocycles. The molecule has 92 valence electrons. The molecule has 17 heavy (non-hydrogen) atoms. The molecule has 0 bridgehead atoms. The van der Waals surface area contributed by atoms with Crippen LogP contribution >= 0.6 is 0 Å². The molecular formula is C14H18O3. The van der Waals surface area contributed by atoms with E-state index in [4.69, 9.17) is 4.74 Å². The van der Waals surface area contributed by atoms with Gasteiger partial charge in [-0.2, -0.15) is 0 Å². The Hall–Kier alpha value is -1.38. The Morgan fingerprint density at radius 3 is 2.41 bits per heavy atom. The van der Waals surface area contributed by atoms with Crippen molar-refractivity contribution < 1.29 is 14.3 Å². The van der Waals surface area contributed by atoms with Crippen LogP contribution in [-0.2, 0) is 14.3 Å². The van der Waals surface area contributed by atoms with Crippen molar-refractivity contribution in [3.63, 3.8) is 0 Å². The maximum absolute atomic E-state index is 11.8. The van der Waals surface area contributed by atoms with Crippen molar-refractivity contribution in [2.24, 2.45) is 23.7 Å². The zero-order chi connectivity index (χ0) is 12.7. The summed E-state index contributed by atoms with van der Waals surface area (Å²) in [6.45, 7) is 8.00. The molecule has 2 aliphatic rings. The van der Waals surface area contributed by atoms with E-state index in [1.165, 1.54) is 5.57 Å². The van der Waals surface area contributed by atoms with Crippen molar-refractivity contribution in [1.82, 2.24) is 0 Å². The Balaban J connectivity index is 2.44. The highest BCUT2D eigenvalue weighted by Gasteiger charge is 2.51. The lowest BCUT2D eigenvalue weighted by Crippen LogP contribution is -2.33. The molecular weight excluding hydrogens is 216 g/mol. The van der Waals surface area contributed by atoms with Crippen LogP contribution < -0.4 is 0 Å². The molecule has 0 aromatic rings. The average Bonchev–Trinajstić information content (AvgIpc) is 2.49. The zero-order valence-electron chi connectivity index (χ0n) is 10.7. The molecule has 0 amide bonds. The Kier molecular flexibility index (Phi) is 2.94. The van der Waals surface area contributed by atoms with Gasteiger partial charge in [-0.3, -0.25) is 9.59 Å². The smallest absolute Gasteiger partial charge is 0.318 e. The fourth-order valence-corrected chi connectivity index (χ4v) is 2.82. The highest BCUT2D eigenvalue weighted by molar-refractivity contribution is 5.97. The quantitative estimate of drug-likeness (QED) is 0.397. The molecule has 1 fully saturated rings. The van der Waals surface area contributed by atoms with Gasteiger partial charge >= 0.3 is 11.9 Å². The molecule has 1 heterocycles. The van der Waals surface area contributed by atoms with E-state index in [1.54, 1.807) is 0 Å². The third-order valence-corrected chi connectivity index (χ3v) is 3.79. The summed E-state index contributed by atoms with van der Waals surface area (Å²) in [4.78, 5) is 23.5. The maximum Gasteiger partial charge on any atom is 0.318 e. The molecule has 4 atom stereocenters. The van der Waals surface area contributed by atoms with E-state index in [1.807, 2.05) is 33.8 Å². The minimum atomic E-state index is -0.363. The Labute approximate surface area is 102 Å². The van der Waals surface area contributed by atoms with Crippen LogP contribution in [0.2, 0.25) is 0 Å². The monoisotopic (exact) mass is 234 g/mol. The van der Waals surface area contributed by atoms with Crippen LogP contribution in [0.3, 0.4) is 0 Å². The van der Waals surface area contributed by atoms with Crippen LogP contribution in [0.1, 0.15) is 27.7 Å². The number of hydrogen-bond donors (Lipinski definition) is 0. The summed E-state index contributed by atoms with van der Waals surface area (Å²) in [6.07, 6.45) is 4.14. The number of allylic oxidation sites excluding steroid dienone is 4. The van der Waals surface area contributed by atoms with Crippen LogP contribution in [0.25, 0.3) is 0 Å². The molecule has 3 nitrogen and oxygen atoms in total. The summed E-state index contributed by atoms with van der Waals surface area (Å²) >= 11 is 0. The van der Waals surface area contributed by atoms with Crippen LogP contribution in [-0.4, -0.2) is 11.9 Å². The number of esters is 2. The van der Waals surface area contributed by atoms with Crippen molar-refractivity contribution in [3.05, 3.63) is 23.3 Å². The van der Waals surface area contributed by atoms with Crippen molar-refractivity contribution in [3.8, 4) is 0 Å². The zero-order valence-corrected chi connectivity index (χ0v) is 10.7. The molecule has 0 aromatic carbocycles. The summed E-state index contributed by atoms with van der Waals surface area (Å²) in [7, 11) is 0. The molecule has 0 radical (unpaired) electrons. The normalized spacial score (nSPS) is 36.1. The lowest BCUT2D eigenvalue weighted by molar-refractivity contribution is -0.154. The van der Waals surface area contributed by atoms with Gasteiger partial charge in [-0.05, 0) is 26.7 Å². The Morgan fingerprint density at radius 2 is 1.82 bits per heavy atom. The Morgan fingerprint density at radius 1 is 1.24 bits per heavy atom. The third-order valence-electron chi connectivity index (χ3n) is 3.79. The van der Waals surface area contributed by atoms with Gasteiger partial charge in [0.15, 0.2) is 0 Å². The lowest BCUT2D eigenvalue weighted by Gasteiger charge is -2.30. The first kappa shape index (κ1) is 12.1. The van der Waals surface area contributed by atoms with E-state index in [9.17, 15) is 9.59 Å². The third kappa shape index (κ3) is 1.94. The molecule has 0 spiro atoms. The predicted molar refractivity (Wildman–Crippen MR) is 63.9 cm³/mol. The molecule has 1 aliphatic carbocycles. The first-order chi connectivity index (χ1) is 7.91. The fraction of sp³-hybridized carbons (Fsp3) is 0.571. The molecule has 0 aromatic heterocycles. The van der Waals surface area contributed by atoms with Gasteiger partial charge < -0.3 is 4.74 Å². The van der Waals surface area contributed by atoms with E-state index in [0.717, 1.165) is 5.57 Å². The van der Waals surface area contributed by atoms with Crippen molar-refractivity contribution in [2.45, 2.75) is 27.7 Å². The summed E-state index contributed by atoms with van der Waals surface area (Å²) in [5.74, 6) is -1.24. The number of cyclic esters (lactones) is 2. The van der Waals surface area contributed by atoms with E-state index < -0.39 is 0 Å². The first-order valence-electron chi connectivity index (χ1n) is 6.00. The van der Waals surface area contributed by atoms with Crippen LogP contribution in [0.5, 0.6) is 0 Å². The van der Waals surface area contributed by atoms with Gasteiger partial charge in [0, 0.05) is 5.92 Å². The van der Waals surface area contributed by atoms with Crippen LogP contribution in [0, 0.1) is 23.7 Å². The Bertz CT molecular complexity index is 427. The van der Waals surface area contributed by atoms with E-state index in [-0.39, 0.29) is 35.6 Å². The van der Waals surface area contributed by atoms with Gasteiger partial charge in [0.2, 0.25) is 0 Å². The summed E-state index contributed by atoms with van der Waals surface area (Å²) in [5, 5.41) is 0. The summed E-state index contributed by atoms with van der Waals surface area (Å²) in [6, 6.07) is 0. The first-order valence-corrected chi connectivity index (χ1v) is 6.00. The largest absolute Gasteiger partial charge is 0.393 e. The predicted octanol–water partition coefficient (Wildman–Crippen LogP) is 2.48.